The summed E-state index contributed by atoms with van der Waals surface area (Å²) in [6, 6.07) is 26.2. The van der Waals surface area contributed by atoms with Gasteiger partial charge in [0.25, 0.3) is 11.8 Å². The van der Waals surface area contributed by atoms with Crippen molar-refractivity contribution < 1.29 is 19.2 Å². The highest BCUT2D eigenvalue weighted by atomic mass is 79.9. The number of amides is 6. The van der Waals surface area contributed by atoms with Crippen LogP contribution in [0.25, 0.3) is 11.1 Å². The molecule has 4 aliphatic heterocycles. The zero-order chi connectivity index (χ0) is 52.2. The molecule has 6 fully saturated rings. The summed E-state index contributed by atoms with van der Waals surface area (Å²) in [5.74, 6) is 0.0277. The van der Waals surface area contributed by atoms with Gasteiger partial charge in [0.1, 0.15) is 0 Å². The van der Waals surface area contributed by atoms with Crippen LogP contribution in [0.2, 0.25) is 0 Å². The Labute approximate surface area is 488 Å². The Morgan fingerprint density at radius 3 is 1.17 bits per heavy atom. The van der Waals surface area contributed by atoms with Crippen molar-refractivity contribution in [2.24, 2.45) is 10.8 Å². The lowest BCUT2D eigenvalue weighted by Gasteiger charge is -2.39. The number of urea groups is 2. The van der Waals surface area contributed by atoms with Crippen LogP contribution in [0.5, 0.6) is 0 Å². The third-order valence-corrected chi connectivity index (χ3v) is 18.8. The van der Waals surface area contributed by atoms with Crippen molar-refractivity contribution in [2.75, 3.05) is 80.5 Å². The van der Waals surface area contributed by atoms with Crippen LogP contribution in [0, 0.1) is 10.8 Å². The maximum atomic E-state index is 13.5. The number of halogens is 1. The van der Waals surface area contributed by atoms with Gasteiger partial charge >= 0.3 is 12.1 Å². The first-order valence-electron chi connectivity index (χ1n) is 27.8. The molecule has 3 aromatic carbocycles. The summed E-state index contributed by atoms with van der Waals surface area (Å²) in [6.45, 7) is 18.5. The van der Waals surface area contributed by atoms with Crippen LogP contribution in [0.15, 0.2) is 77.3 Å². The summed E-state index contributed by atoms with van der Waals surface area (Å²) in [4.78, 5) is 69.6. The Morgan fingerprint density at radius 2 is 0.805 bits per heavy atom. The first-order valence-corrected chi connectivity index (χ1v) is 28.6. The first-order chi connectivity index (χ1) is 34.8. The fourth-order valence-corrected chi connectivity index (χ4v) is 12.9. The summed E-state index contributed by atoms with van der Waals surface area (Å²) < 4.78 is 0.959. The van der Waals surface area contributed by atoms with Gasteiger partial charge in [0.15, 0.2) is 0 Å². The van der Waals surface area contributed by atoms with Crippen LogP contribution in [-0.4, -0.2) is 180 Å². The van der Waals surface area contributed by atoms with E-state index in [9.17, 15) is 19.2 Å². The van der Waals surface area contributed by atoms with E-state index >= 15 is 0 Å². The number of rotatable bonds is 10. The molecule has 2 unspecified atom stereocenters. The zero-order valence-electron chi connectivity index (χ0n) is 46.8. The second-order valence-corrected chi connectivity index (χ2v) is 25.1. The lowest BCUT2D eigenvalue weighted by atomic mass is 9.75. The minimum Gasteiger partial charge on any atom is -0.337 e. The molecule has 4 atom stereocenters. The van der Waals surface area contributed by atoms with Crippen molar-refractivity contribution in [1.29, 1.82) is 0 Å². The van der Waals surface area contributed by atoms with Gasteiger partial charge in [0, 0.05) is 120 Å². The molecule has 2 saturated carbocycles. The first kappa shape index (κ1) is 65.8. The maximum absolute atomic E-state index is 13.5. The fourth-order valence-electron chi connectivity index (χ4n) is 12.6. The van der Waals surface area contributed by atoms with Gasteiger partial charge < -0.3 is 29.4 Å². The molecule has 3 aromatic rings. The van der Waals surface area contributed by atoms with Crippen LogP contribution in [0.1, 0.15) is 153 Å². The van der Waals surface area contributed by atoms with Crippen molar-refractivity contribution in [2.45, 2.75) is 169 Å². The van der Waals surface area contributed by atoms with E-state index in [-0.39, 0.29) is 89.9 Å². The van der Waals surface area contributed by atoms with Gasteiger partial charge in [-0.2, -0.15) is 27.0 Å². The maximum Gasteiger partial charge on any atom is 0.320 e. The molecular weight excluding hydrogens is 1060 g/mol. The molecule has 77 heavy (non-hydrogen) atoms. The summed E-state index contributed by atoms with van der Waals surface area (Å²) in [6.07, 6.45) is 15.1. The lowest BCUT2D eigenvalue weighted by molar-refractivity contribution is 0.0727. The highest BCUT2D eigenvalue weighted by Crippen LogP contribution is 2.39. The van der Waals surface area contributed by atoms with Crippen molar-refractivity contribution in [3.8, 4) is 11.1 Å². The number of likely N-dealkylation sites (N-methyl/N-ethyl adjacent to an activating group) is 4. The lowest BCUT2D eigenvalue weighted by Crippen LogP contribution is -2.48. The molecule has 4 saturated heterocycles. The molecule has 4 heterocycles. The zero-order valence-corrected chi connectivity index (χ0v) is 50.4. The molecule has 430 valence electrons. The van der Waals surface area contributed by atoms with E-state index in [1.54, 1.807) is 4.90 Å². The monoisotopic (exact) mass is 1160 g/mol. The topological polar surface area (TPSA) is 94.2 Å². The Kier molecular flexibility index (Phi) is 24.4. The smallest absolute Gasteiger partial charge is 0.320 e. The minimum atomic E-state index is 0. The third-order valence-electron chi connectivity index (χ3n) is 18.3. The van der Waals surface area contributed by atoms with Gasteiger partial charge in [0.05, 0.1) is 12.1 Å². The van der Waals surface area contributed by atoms with Crippen LogP contribution in [-0.2, 0) is 6.42 Å². The molecule has 2 aliphatic carbocycles. The summed E-state index contributed by atoms with van der Waals surface area (Å²) >= 11 is 3.42. The van der Waals surface area contributed by atoms with Crippen LogP contribution in [0.3, 0.4) is 0 Å². The second-order valence-electron chi connectivity index (χ2n) is 24.2. The van der Waals surface area contributed by atoms with E-state index in [0.29, 0.717) is 60.2 Å². The van der Waals surface area contributed by atoms with Crippen LogP contribution >= 0.6 is 42.9 Å². The molecule has 0 spiro atoms. The van der Waals surface area contributed by atoms with Gasteiger partial charge in [0.2, 0.25) is 0 Å². The van der Waals surface area contributed by atoms with Gasteiger partial charge in [-0.15, -0.1) is 0 Å². The molecule has 0 bridgehead atoms. The average Bonchev–Trinajstić information content (AvgIpc) is 4.26. The van der Waals surface area contributed by atoms with Crippen LogP contribution < -0.4 is 0 Å². The number of carbonyl (C=O) groups excluding carboxylic acids is 4. The van der Waals surface area contributed by atoms with E-state index in [2.05, 4.69) is 84.6 Å². The van der Waals surface area contributed by atoms with Gasteiger partial charge in [-0.05, 0) is 147 Å². The number of hydrogen-bond donors (Lipinski definition) is 0. The largest absolute Gasteiger partial charge is 0.337 e. The van der Waals surface area contributed by atoms with E-state index in [4.69, 9.17) is 0 Å². The number of carbonyl (C=O) groups is 4. The molecule has 0 aromatic heterocycles. The van der Waals surface area contributed by atoms with Gasteiger partial charge in [-0.3, -0.25) is 19.4 Å². The molecule has 12 nitrogen and oxygen atoms in total. The number of nitrogens with zero attached hydrogens (tertiary/aromatic N) is 8. The Balaban J connectivity index is 0.000000321. The average molecular weight is 1160 g/mol. The predicted molar refractivity (Wildman–Crippen MR) is 332 cm³/mol. The van der Waals surface area contributed by atoms with Gasteiger partial charge in [-0.1, -0.05) is 102 Å². The normalized spacial score (nSPS) is 23.2. The summed E-state index contributed by atoms with van der Waals surface area (Å²) in [5.41, 5.74) is 5.93. The number of aryl methyl sites for hydroxylation is 1. The summed E-state index contributed by atoms with van der Waals surface area (Å²) in [7, 11) is 7.67. The fraction of sp³-hybridized carbons (Fsp3) is 0.645. The standard InChI is InChI=1S/C34H48N4O2.C26H39BrN4O2.2CH4.2H2S/c1-6-25-7-9-26(10-8-25)27-11-13-28(14-12-27)32(39)35(4)30-18-22-38(24-30)33(40)36(5)31-17-21-37(23-31)29-15-19-34(2,3)20-16-29;1-26(2)13-9-21(10-14-26)30-15-11-23(17-30)29(4)25(33)31-16-12-22(18-31)28(3)24(32)19-5-7-20(27)8-6-19;;;;/h7-14,29-31H,6,15-24H2,1-5H3;5-8,21-23H,9-18H2,1-4H3;2*1H4;2*1H2/t30-,31?;22-,23?;;;;/m00..../s1. The van der Waals surface area contributed by atoms with Crippen molar-refractivity contribution in [1.82, 2.24) is 39.2 Å². The Hall–Kier alpha value is -3.76. The Bertz CT molecular complexity index is 2350. The second kappa shape index (κ2) is 28.6. The predicted octanol–water partition coefficient (Wildman–Crippen LogP) is 12.3. The summed E-state index contributed by atoms with van der Waals surface area (Å²) in [5, 5.41) is 0. The van der Waals surface area contributed by atoms with Crippen molar-refractivity contribution in [3.63, 3.8) is 0 Å². The molecule has 15 heteroatoms. The van der Waals surface area contributed by atoms with E-state index in [0.717, 1.165) is 73.9 Å². The SMILES string of the molecule is C.C.CCc1ccc(-c2ccc(C(=O)N(C)[C@H]3CCN(C(=O)N(C)C4CCN(C5CCC(C)(C)CC5)C4)C3)cc2)cc1.CN(C(=O)N1CC[C@H](N(C)C(=O)c2ccc(Br)cc2)C1)C1CCN(C2CCC(C)(C)CC2)C1.S.S. The number of benzene rings is 3. The van der Waals surface area contributed by atoms with Crippen LogP contribution in [0.4, 0.5) is 9.59 Å². The van der Waals surface area contributed by atoms with Crippen molar-refractivity contribution >= 4 is 66.8 Å². The molecule has 0 radical (unpaired) electrons. The minimum absolute atomic E-state index is 0. The number of likely N-dealkylation sites (tertiary alicyclic amines) is 4. The van der Waals surface area contributed by atoms with Crippen molar-refractivity contribution in [3.05, 3.63) is 94.0 Å². The highest BCUT2D eigenvalue weighted by Gasteiger charge is 2.41. The third kappa shape index (κ3) is 16.2. The highest BCUT2D eigenvalue weighted by molar-refractivity contribution is 9.10. The molecule has 9 rings (SSSR count). The Morgan fingerprint density at radius 1 is 0.481 bits per heavy atom. The molecular formula is C62H99BrN8O4S2. The van der Waals surface area contributed by atoms with E-state index in [1.165, 1.54) is 56.9 Å². The molecule has 6 amide bonds. The quantitative estimate of drug-likeness (QED) is 0.201. The van der Waals surface area contributed by atoms with E-state index < -0.39 is 0 Å². The van der Waals surface area contributed by atoms with E-state index in [1.807, 2.05) is 101 Å². The molecule has 0 N–H and O–H groups in total. The number of hydrogen-bond acceptors (Lipinski definition) is 6. The van der Waals surface area contributed by atoms with Gasteiger partial charge in [-0.25, -0.2) is 9.59 Å². The molecule has 6 aliphatic rings.